The molecule has 2 aromatic heterocycles. The van der Waals surface area contributed by atoms with Crippen molar-refractivity contribution in [1.29, 1.82) is 0 Å². The Labute approximate surface area is 126 Å². The normalized spacial score (nSPS) is 12.0. The summed E-state index contributed by atoms with van der Waals surface area (Å²) in [7, 11) is 0. The number of hydrogen-bond acceptors (Lipinski definition) is 3. The Hall–Kier alpha value is -1.49. The van der Waals surface area contributed by atoms with Crippen LogP contribution in [0, 0.1) is 6.92 Å². The van der Waals surface area contributed by atoms with Crippen LogP contribution in [-0.2, 0) is 13.1 Å². The van der Waals surface area contributed by atoms with Crippen LogP contribution in [0.25, 0.3) is 0 Å². The minimum atomic E-state index is 0. The first-order valence-electron chi connectivity index (χ1n) is 6.96. The molecule has 0 aliphatic heterocycles. The maximum atomic E-state index is 4.50. The van der Waals surface area contributed by atoms with Gasteiger partial charge < -0.3 is 5.32 Å². The van der Waals surface area contributed by atoms with Crippen molar-refractivity contribution in [3.05, 3.63) is 29.7 Å². The number of aromatic nitrogens is 4. The van der Waals surface area contributed by atoms with Crippen LogP contribution in [0.5, 0.6) is 0 Å². The molecule has 0 radical (unpaired) electrons. The van der Waals surface area contributed by atoms with Crippen LogP contribution in [0.1, 0.15) is 44.5 Å². The van der Waals surface area contributed by atoms with Crippen molar-refractivity contribution in [2.24, 2.45) is 0 Å². The molecule has 0 bridgehead atoms. The van der Waals surface area contributed by atoms with Gasteiger partial charge in [-0.05, 0) is 33.3 Å². The minimum Gasteiger partial charge on any atom is -0.363 e. The molecule has 1 atom stereocenters. The Bertz CT molecular complexity index is 531. The van der Waals surface area contributed by atoms with Gasteiger partial charge in [-0.25, -0.2) is 0 Å². The lowest BCUT2D eigenvalue weighted by atomic mass is 10.2. The predicted molar refractivity (Wildman–Crippen MR) is 84.4 cm³/mol. The zero-order chi connectivity index (χ0) is 13.8. The van der Waals surface area contributed by atoms with Crippen LogP contribution in [-0.4, -0.2) is 19.6 Å². The lowest BCUT2D eigenvalue weighted by Crippen LogP contribution is -2.13. The molecule has 0 aliphatic rings. The summed E-state index contributed by atoms with van der Waals surface area (Å²) >= 11 is 0. The van der Waals surface area contributed by atoms with E-state index in [1.807, 2.05) is 10.9 Å². The molecule has 20 heavy (non-hydrogen) atoms. The average molecular weight is 298 g/mol. The van der Waals surface area contributed by atoms with Crippen LogP contribution < -0.4 is 5.32 Å². The molecule has 1 unspecified atom stereocenters. The zero-order valence-electron chi connectivity index (χ0n) is 12.6. The molecule has 0 saturated heterocycles. The SMILES string of the molecule is CCC(C)n1nccc1CNc1nn(CC)cc1C.Cl. The van der Waals surface area contributed by atoms with E-state index in [1.165, 1.54) is 11.3 Å². The van der Waals surface area contributed by atoms with Crippen LogP contribution in [0.3, 0.4) is 0 Å². The highest BCUT2D eigenvalue weighted by Gasteiger charge is 2.09. The van der Waals surface area contributed by atoms with E-state index in [1.54, 1.807) is 0 Å². The molecule has 0 fully saturated rings. The molecule has 0 aromatic carbocycles. The molecule has 0 spiro atoms. The number of rotatable bonds is 6. The number of nitrogens with zero attached hydrogens (tertiary/aromatic N) is 4. The van der Waals surface area contributed by atoms with E-state index < -0.39 is 0 Å². The quantitative estimate of drug-likeness (QED) is 0.889. The smallest absolute Gasteiger partial charge is 0.151 e. The van der Waals surface area contributed by atoms with E-state index in [0.29, 0.717) is 6.04 Å². The second kappa shape index (κ2) is 7.33. The van der Waals surface area contributed by atoms with Gasteiger partial charge in [0.1, 0.15) is 0 Å². The Morgan fingerprint density at radius 1 is 1.35 bits per heavy atom. The summed E-state index contributed by atoms with van der Waals surface area (Å²) in [6.07, 6.45) is 5.01. The number of nitrogens with one attached hydrogen (secondary N) is 1. The maximum Gasteiger partial charge on any atom is 0.151 e. The minimum absolute atomic E-state index is 0. The van der Waals surface area contributed by atoms with Crippen LogP contribution in [0.2, 0.25) is 0 Å². The second-order valence-corrected chi connectivity index (χ2v) is 4.89. The highest BCUT2D eigenvalue weighted by Crippen LogP contribution is 2.16. The van der Waals surface area contributed by atoms with Crippen molar-refractivity contribution in [1.82, 2.24) is 19.6 Å². The van der Waals surface area contributed by atoms with E-state index >= 15 is 0 Å². The van der Waals surface area contributed by atoms with Crippen molar-refractivity contribution in [3.8, 4) is 0 Å². The van der Waals surface area contributed by atoms with Gasteiger partial charge in [-0.1, -0.05) is 6.92 Å². The van der Waals surface area contributed by atoms with E-state index in [4.69, 9.17) is 0 Å². The molecule has 2 heterocycles. The third-order valence-electron chi connectivity index (χ3n) is 3.47. The molecule has 0 aliphatic carbocycles. The van der Waals surface area contributed by atoms with Crippen molar-refractivity contribution in [2.45, 2.75) is 53.2 Å². The third kappa shape index (κ3) is 3.54. The fraction of sp³-hybridized carbons (Fsp3) is 0.571. The Balaban J connectivity index is 0.00000200. The van der Waals surface area contributed by atoms with Gasteiger partial charge in [0, 0.05) is 30.5 Å². The molecule has 0 saturated carbocycles. The standard InChI is InChI=1S/C14H23N5.ClH/c1-5-12(4)19-13(7-8-16-19)9-15-14-11(3)10-18(6-2)17-14;/h7-8,10,12H,5-6,9H2,1-4H3,(H,15,17);1H. The van der Waals surface area contributed by atoms with Gasteiger partial charge in [-0.3, -0.25) is 9.36 Å². The molecule has 2 rings (SSSR count). The fourth-order valence-electron chi connectivity index (χ4n) is 2.08. The topological polar surface area (TPSA) is 47.7 Å². The number of aryl methyl sites for hydroxylation is 2. The highest BCUT2D eigenvalue weighted by molar-refractivity contribution is 5.85. The van der Waals surface area contributed by atoms with Crippen molar-refractivity contribution in [2.75, 3.05) is 5.32 Å². The summed E-state index contributed by atoms with van der Waals surface area (Å²) in [6, 6.07) is 2.49. The van der Waals surface area contributed by atoms with Crippen LogP contribution in [0.15, 0.2) is 18.5 Å². The molecule has 112 valence electrons. The van der Waals surface area contributed by atoms with Gasteiger partial charge >= 0.3 is 0 Å². The maximum absolute atomic E-state index is 4.50. The van der Waals surface area contributed by atoms with Crippen molar-refractivity contribution >= 4 is 18.2 Å². The third-order valence-corrected chi connectivity index (χ3v) is 3.47. The van der Waals surface area contributed by atoms with Gasteiger partial charge in [0.2, 0.25) is 0 Å². The zero-order valence-corrected chi connectivity index (χ0v) is 13.4. The molecule has 0 amide bonds. The molecule has 5 nitrogen and oxygen atoms in total. The van der Waals surface area contributed by atoms with Crippen LogP contribution >= 0.6 is 12.4 Å². The summed E-state index contributed by atoms with van der Waals surface area (Å²) < 4.78 is 4.03. The molecular weight excluding hydrogens is 274 g/mol. The average Bonchev–Trinajstić information content (AvgIpc) is 3.01. The lowest BCUT2D eigenvalue weighted by Gasteiger charge is -2.14. The Morgan fingerprint density at radius 2 is 2.10 bits per heavy atom. The number of anilines is 1. The largest absolute Gasteiger partial charge is 0.363 e. The molecule has 1 N–H and O–H groups in total. The summed E-state index contributed by atoms with van der Waals surface area (Å²) in [5, 5.41) is 12.3. The van der Waals surface area contributed by atoms with Crippen molar-refractivity contribution in [3.63, 3.8) is 0 Å². The molecule has 2 aromatic rings. The summed E-state index contributed by atoms with van der Waals surface area (Å²) in [5.41, 5.74) is 2.37. The monoisotopic (exact) mass is 297 g/mol. The van der Waals surface area contributed by atoms with E-state index in [-0.39, 0.29) is 12.4 Å². The van der Waals surface area contributed by atoms with Gasteiger partial charge in [0.05, 0.1) is 12.2 Å². The summed E-state index contributed by atoms with van der Waals surface area (Å²) in [4.78, 5) is 0. The number of hydrogen-bond donors (Lipinski definition) is 1. The summed E-state index contributed by atoms with van der Waals surface area (Å²) in [5.74, 6) is 0.957. The highest BCUT2D eigenvalue weighted by atomic mass is 35.5. The number of halogens is 1. The Morgan fingerprint density at radius 3 is 2.70 bits per heavy atom. The Kier molecular flexibility index (Phi) is 6.07. The van der Waals surface area contributed by atoms with Crippen LogP contribution in [0.4, 0.5) is 5.82 Å². The molecule has 6 heteroatoms. The van der Waals surface area contributed by atoms with E-state index in [2.05, 4.69) is 60.2 Å². The van der Waals surface area contributed by atoms with Gasteiger partial charge in [-0.15, -0.1) is 12.4 Å². The summed E-state index contributed by atoms with van der Waals surface area (Å²) in [6.45, 7) is 10.2. The van der Waals surface area contributed by atoms with Gasteiger partial charge in [0.25, 0.3) is 0 Å². The first-order valence-corrected chi connectivity index (χ1v) is 6.96. The van der Waals surface area contributed by atoms with E-state index in [0.717, 1.165) is 25.3 Å². The molecular formula is C14H24ClN5. The van der Waals surface area contributed by atoms with Gasteiger partial charge in [-0.2, -0.15) is 10.2 Å². The van der Waals surface area contributed by atoms with E-state index in [9.17, 15) is 0 Å². The van der Waals surface area contributed by atoms with Crippen molar-refractivity contribution < 1.29 is 0 Å². The first-order chi connectivity index (χ1) is 9.15. The lowest BCUT2D eigenvalue weighted by molar-refractivity contribution is 0.462. The predicted octanol–water partition coefficient (Wildman–Crippen LogP) is 3.41. The second-order valence-electron chi connectivity index (χ2n) is 4.89. The fourth-order valence-corrected chi connectivity index (χ4v) is 2.08. The van der Waals surface area contributed by atoms with Gasteiger partial charge in [0.15, 0.2) is 5.82 Å². The first kappa shape index (κ1) is 16.6.